The third kappa shape index (κ3) is 9.34. The lowest BCUT2D eigenvalue weighted by atomic mass is 10.0. The minimum Gasteiger partial charge on any atom is -0.481 e. The number of hydrogen-bond acceptors (Lipinski definition) is 7. The molecule has 0 aliphatic carbocycles. The summed E-state index contributed by atoms with van der Waals surface area (Å²) in [5, 5.41) is 34.5. The van der Waals surface area contributed by atoms with Gasteiger partial charge in [0, 0.05) is 6.42 Å². The maximum atomic E-state index is 12.5. The van der Waals surface area contributed by atoms with Gasteiger partial charge < -0.3 is 37.0 Å². The molecule has 5 atom stereocenters. The van der Waals surface area contributed by atoms with Crippen molar-refractivity contribution in [2.75, 3.05) is 0 Å². The summed E-state index contributed by atoms with van der Waals surface area (Å²) >= 11 is 0. The van der Waals surface area contributed by atoms with Crippen LogP contribution in [0.25, 0.3) is 0 Å². The van der Waals surface area contributed by atoms with Crippen molar-refractivity contribution in [3.8, 4) is 0 Å². The molecule has 166 valence electrons. The maximum Gasteiger partial charge on any atom is 0.326 e. The third-order valence-corrected chi connectivity index (χ3v) is 3.98. The van der Waals surface area contributed by atoms with Crippen LogP contribution in [-0.4, -0.2) is 75.3 Å². The Morgan fingerprint density at radius 3 is 1.69 bits per heavy atom. The predicted octanol–water partition coefficient (Wildman–Crippen LogP) is -2.23. The number of carboxylic acid groups (broad SMARTS) is 2. The first kappa shape index (κ1) is 26.3. The molecule has 3 amide bonds. The van der Waals surface area contributed by atoms with Crippen LogP contribution in [0.3, 0.4) is 0 Å². The quantitative estimate of drug-likeness (QED) is 0.183. The van der Waals surface area contributed by atoms with Gasteiger partial charge in [-0.1, -0.05) is 13.8 Å². The molecule has 8 N–H and O–H groups in total. The van der Waals surface area contributed by atoms with Gasteiger partial charge in [-0.2, -0.15) is 0 Å². The number of aliphatic hydroxyl groups is 1. The molecule has 0 spiro atoms. The van der Waals surface area contributed by atoms with Crippen molar-refractivity contribution in [1.82, 2.24) is 16.0 Å². The Morgan fingerprint density at radius 1 is 0.828 bits per heavy atom. The van der Waals surface area contributed by atoms with Crippen LogP contribution in [-0.2, 0) is 24.0 Å². The number of aliphatic hydroxyl groups excluding tert-OH is 1. The molecule has 0 aromatic heterocycles. The molecule has 0 heterocycles. The van der Waals surface area contributed by atoms with Gasteiger partial charge in [0.1, 0.15) is 18.1 Å². The van der Waals surface area contributed by atoms with Crippen molar-refractivity contribution in [1.29, 1.82) is 0 Å². The number of nitrogens with two attached hydrogens (primary N) is 1. The molecular formula is C17H30N4O8. The average Bonchev–Trinajstić information content (AvgIpc) is 2.59. The number of carbonyl (C=O) groups excluding carboxylic acids is 3. The zero-order valence-corrected chi connectivity index (χ0v) is 16.8. The van der Waals surface area contributed by atoms with Gasteiger partial charge in [-0.25, -0.2) is 4.79 Å². The Morgan fingerprint density at radius 2 is 1.31 bits per heavy atom. The second-order valence-electron chi connectivity index (χ2n) is 7.08. The fourth-order valence-electron chi connectivity index (χ4n) is 2.25. The van der Waals surface area contributed by atoms with Crippen LogP contribution >= 0.6 is 0 Å². The molecule has 0 rings (SSSR count). The summed E-state index contributed by atoms with van der Waals surface area (Å²) in [4.78, 5) is 58.6. The van der Waals surface area contributed by atoms with E-state index in [4.69, 9.17) is 15.9 Å². The van der Waals surface area contributed by atoms with Gasteiger partial charge in [0.05, 0.1) is 12.1 Å². The first-order valence-electron chi connectivity index (χ1n) is 9.07. The smallest absolute Gasteiger partial charge is 0.326 e. The zero-order chi connectivity index (χ0) is 22.9. The van der Waals surface area contributed by atoms with Crippen LogP contribution in [0.4, 0.5) is 0 Å². The lowest BCUT2D eigenvalue weighted by Crippen LogP contribution is -2.60. The number of nitrogens with one attached hydrogen (secondary N) is 3. The molecule has 0 radical (unpaired) electrons. The molecule has 5 unspecified atom stereocenters. The Hall–Kier alpha value is -2.73. The monoisotopic (exact) mass is 418 g/mol. The third-order valence-electron chi connectivity index (χ3n) is 3.98. The number of carbonyl (C=O) groups is 5. The number of hydrogen-bond donors (Lipinski definition) is 7. The van der Waals surface area contributed by atoms with Crippen molar-refractivity contribution in [3.63, 3.8) is 0 Å². The van der Waals surface area contributed by atoms with E-state index in [1.165, 1.54) is 13.8 Å². The minimum absolute atomic E-state index is 0.377. The van der Waals surface area contributed by atoms with Crippen LogP contribution < -0.4 is 21.7 Å². The Balaban J connectivity index is 5.29. The Labute approximate surface area is 168 Å². The van der Waals surface area contributed by atoms with E-state index in [-0.39, 0.29) is 12.3 Å². The summed E-state index contributed by atoms with van der Waals surface area (Å²) in [5.74, 6) is -5.44. The SMILES string of the molecule is CC(N)C(=O)NC(C(=O)NC(C(=O)NC(CCC(=O)O)C(=O)O)C(C)O)C(C)C. The first-order valence-corrected chi connectivity index (χ1v) is 9.07. The fraction of sp³-hybridized carbons (Fsp3) is 0.706. The first-order chi connectivity index (χ1) is 13.3. The predicted molar refractivity (Wildman–Crippen MR) is 100 cm³/mol. The van der Waals surface area contributed by atoms with Gasteiger partial charge in [0.25, 0.3) is 0 Å². The molecule has 12 heteroatoms. The van der Waals surface area contributed by atoms with Gasteiger partial charge in [-0.15, -0.1) is 0 Å². The summed E-state index contributed by atoms with van der Waals surface area (Å²) in [7, 11) is 0. The summed E-state index contributed by atoms with van der Waals surface area (Å²) < 4.78 is 0. The normalized spacial score (nSPS) is 16.1. The Bertz CT molecular complexity index is 621. The molecule has 0 aromatic carbocycles. The highest BCUT2D eigenvalue weighted by molar-refractivity contribution is 5.94. The van der Waals surface area contributed by atoms with Gasteiger partial charge >= 0.3 is 11.9 Å². The van der Waals surface area contributed by atoms with E-state index in [0.717, 1.165) is 0 Å². The van der Waals surface area contributed by atoms with E-state index in [2.05, 4.69) is 16.0 Å². The molecule has 0 saturated carbocycles. The Kier molecular flexibility index (Phi) is 10.8. The molecule has 0 saturated heterocycles. The van der Waals surface area contributed by atoms with Crippen LogP contribution in [0, 0.1) is 5.92 Å². The highest BCUT2D eigenvalue weighted by atomic mass is 16.4. The second-order valence-corrected chi connectivity index (χ2v) is 7.08. The highest BCUT2D eigenvalue weighted by Crippen LogP contribution is 2.06. The minimum atomic E-state index is -1.53. The topological polar surface area (TPSA) is 208 Å². The maximum absolute atomic E-state index is 12.5. The molecule has 12 nitrogen and oxygen atoms in total. The molecule has 0 bridgehead atoms. The van der Waals surface area contributed by atoms with Crippen LogP contribution in [0.15, 0.2) is 0 Å². The van der Waals surface area contributed by atoms with Gasteiger partial charge in [-0.3, -0.25) is 19.2 Å². The van der Waals surface area contributed by atoms with E-state index in [9.17, 15) is 29.1 Å². The summed E-state index contributed by atoms with van der Waals surface area (Å²) in [5.41, 5.74) is 5.47. The van der Waals surface area contributed by atoms with Crippen molar-refractivity contribution < 1.29 is 39.3 Å². The van der Waals surface area contributed by atoms with Crippen molar-refractivity contribution >= 4 is 29.7 Å². The number of aliphatic carboxylic acids is 2. The van der Waals surface area contributed by atoms with Crippen LogP contribution in [0.1, 0.15) is 40.5 Å². The summed E-state index contributed by atoms with van der Waals surface area (Å²) in [6, 6.07) is -4.96. The lowest BCUT2D eigenvalue weighted by Gasteiger charge is -2.27. The van der Waals surface area contributed by atoms with E-state index in [0.29, 0.717) is 0 Å². The molecular weight excluding hydrogens is 388 g/mol. The van der Waals surface area contributed by atoms with Crippen LogP contribution in [0.5, 0.6) is 0 Å². The van der Waals surface area contributed by atoms with Gasteiger partial charge in [0.15, 0.2) is 0 Å². The molecule has 0 aliphatic heterocycles. The van der Waals surface area contributed by atoms with E-state index in [1.807, 2.05) is 0 Å². The number of amides is 3. The number of rotatable bonds is 12. The van der Waals surface area contributed by atoms with Gasteiger partial charge in [-0.05, 0) is 26.2 Å². The highest BCUT2D eigenvalue weighted by Gasteiger charge is 2.33. The molecule has 29 heavy (non-hydrogen) atoms. The fourth-order valence-corrected chi connectivity index (χ4v) is 2.25. The van der Waals surface area contributed by atoms with Crippen LogP contribution in [0.2, 0.25) is 0 Å². The van der Waals surface area contributed by atoms with Crippen molar-refractivity contribution in [2.45, 2.75) is 70.8 Å². The van der Waals surface area contributed by atoms with Crippen molar-refractivity contribution in [3.05, 3.63) is 0 Å². The second kappa shape index (κ2) is 12.0. The van der Waals surface area contributed by atoms with E-state index < -0.39 is 66.4 Å². The lowest BCUT2D eigenvalue weighted by molar-refractivity contribution is -0.144. The molecule has 0 fully saturated rings. The average molecular weight is 418 g/mol. The molecule has 0 aromatic rings. The zero-order valence-electron chi connectivity index (χ0n) is 16.8. The summed E-state index contributed by atoms with van der Waals surface area (Å²) in [6.07, 6.45) is -2.28. The largest absolute Gasteiger partial charge is 0.481 e. The number of carboxylic acids is 2. The van der Waals surface area contributed by atoms with Crippen molar-refractivity contribution in [2.24, 2.45) is 11.7 Å². The van der Waals surface area contributed by atoms with Gasteiger partial charge in [0.2, 0.25) is 17.7 Å². The standard InChI is InChI=1S/C17H30N4O8/c1-7(2)12(20-14(25)8(3)18)15(26)21-13(9(4)22)16(27)19-10(17(28)29)5-6-11(23)24/h7-10,12-13,22H,5-6,18H2,1-4H3,(H,19,27)(H,20,25)(H,21,26)(H,23,24)(H,28,29). The van der Waals surface area contributed by atoms with E-state index in [1.54, 1.807) is 13.8 Å². The molecule has 0 aliphatic rings. The van der Waals surface area contributed by atoms with E-state index >= 15 is 0 Å². The summed E-state index contributed by atoms with van der Waals surface area (Å²) in [6.45, 7) is 5.94.